The van der Waals surface area contributed by atoms with E-state index >= 15 is 0 Å². The molecule has 0 aliphatic carbocycles. The van der Waals surface area contributed by atoms with Crippen LogP contribution in [0.25, 0.3) is 0 Å². The Morgan fingerprint density at radius 3 is 2.55 bits per heavy atom. The molecule has 0 aromatic heterocycles. The molecule has 0 amide bonds. The van der Waals surface area contributed by atoms with E-state index in [4.69, 9.17) is 5.26 Å². The van der Waals surface area contributed by atoms with E-state index in [0.29, 0.717) is 11.5 Å². The second kappa shape index (κ2) is 3.20. The van der Waals surface area contributed by atoms with Gasteiger partial charge in [0.15, 0.2) is 6.19 Å². The van der Waals surface area contributed by atoms with Gasteiger partial charge in [-0.2, -0.15) is 5.26 Å². The summed E-state index contributed by atoms with van der Waals surface area (Å²) >= 11 is 0. The minimum atomic E-state index is -2.30. The number of nitriles is 1. The van der Waals surface area contributed by atoms with E-state index in [-0.39, 0.29) is 0 Å². The fraction of sp³-hybridized carbons (Fsp3) is 0.833. The smallest absolute Gasteiger partial charge is 0.187 e. The predicted molar refractivity (Wildman–Crippen MR) is 45.5 cm³/mol. The molecule has 0 saturated carbocycles. The normalized spacial score (nSPS) is 26.9. The maximum atomic E-state index is 11.6. The molecule has 0 bridgehead atoms. The van der Waals surface area contributed by atoms with Gasteiger partial charge in [0.25, 0.3) is 0 Å². The van der Waals surface area contributed by atoms with Crippen LogP contribution in [0.2, 0.25) is 0 Å². The zero-order chi connectivity index (χ0) is 8.32. The maximum Gasteiger partial charge on any atom is 0.187 e. The van der Waals surface area contributed by atoms with Crippen molar-refractivity contribution in [1.82, 2.24) is 9.62 Å². The van der Waals surface area contributed by atoms with E-state index in [0.717, 1.165) is 13.1 Å². The molecule has 5 heteroatoms. The zero-order valence-electron chi connectivity index (χ0n) is 6.58. The van der Waals surface area contributed by atoms with Gasteiger partial charge in [-0.3, -0.25) is 8.93 Å². The molecule has 4 nitrogen and oxygen atoms in total. The summed E-state index contributed by atoms with van der Waals surface area (Å²) in [4.78, 5) is 2.12. The first-order chi connectivity index (χ1) is 5.16. The Kier molecular flexibility index (Phi) is 2.47. The highest BCUT2D eigenvalue weighted by molar-refractivity contribution is 8.01. The number of nitrogens with one attached hydrogen (secondary N) is 1. The third-order valence-corrected chi connectivity index (χ3v) is 4.29. The maximum absolute atomic E-state index is 11.6. The van der Waals surface area contributed by atoms with Gasteiger partial charge in [-0.15, -0.1) is 0 Å². The largest absolute Gasteiger partial charge is 0.305 e. The van der Waals surface area contributed by atoms with Gasteiger partial charge in [-0.1, -0.05) is 0 Å². The second-order valence-corrected chi connectivity index (χ2v) is 5.76. The van der Waals surface area contributed by atoms with E-state index in [1.54, 1.807) is 6.19 Å². The lowest BCUT2D eigenvalue weighted by Gasteiger charge is -2.32. The number of rotatable bonds is 1. The fourth-order valence-corrected chi connectivity index (χ4v) is 3.05. The molecule has 1 aliphatic heterocycles. The molecular weight excluding hydrogens is 162 g/mol. The van der Waals surface area contributed by atoms with Crippen molar-refractivity contribution in [2.45, 2.75) is 0 Å². The first-order valence-corrected chi connectivity index (χ1v) is 5.67. The van der Waals surface area contributed by atoms with E-state index < -0.39 is 10.1 Å². The van der Waals surface area contributed by atoms with Crippen molar-refractivity contribution < 1.29 is 4.21 Å². The predicted octanol–water partition coefficient (Wildman–Crippen LogP) is -1.07. The molecule has 64 valence electrons. The minimum Gasteiger partial charge on any atom is -0.305 e. The van der Waals surface area contributed by atoms with E-state index in [9.17, 15) is 4.21 Å². The third kappa shape index (κ3) is 2.17. The van der Waals surface area contributed by atoms with Gasteiger partial charge in [-0.05, 0) is 17.2 Å². The van der Waals surface area contributed by atoms with Gasteiger partial charge in [-0.25, -0.2) is 0 Å². The van der Waals surface area contributed by atoms with Crippen molar-refractivity contribution in [2.24, 2.45) is 0 Å². The highest BCUT2D eigenvalue weighted by Crippen LogP contribution is 2.06. The molecule has 1 aliphatic rings. The summed E-state index contributed by atoms with van der Waals surface area (Å²) in [6, 6.07) is 0. The van der Waals surface area contributed by atoms with Crippen LogP contribution in [0, 0.1) is 11.5 Å². The standard InChI is InChI=1S/C6H13N3OS/c1-9-2-4-11(10,5-3-9)8-6-7/h11H,2-5H2,1H3,(H,8,10). The van der Waals surface area contributed by atoms with Gasteiger partial charge >= 0.3 is 0 Å². The Balaban J connectivity index is 2.50. The van der Waals surface area contributed by atoms with Crippen LogP contribution in [0.4, 0.5) is 0 Å². The molecule has 1 heterocycles. The number of nitrogens with zero attached hydrogens (tertiary/aromatic N) is 2. The first-order valence-electron chi connectivity index (χ1n) is 3.59. The molecule has 1 rings (SSSR count). The van der Waals surface area contributed by atoms with Crippen molar-refractivity contribution in [2.75, 3.05) is 31.6 Å². The van der Waals surface area contributed by atoms with Crippen LogP contribution in [-0.2, 0) is 10.1 Å². The van der Waals surface area contributed by atoms with Gasteiger partial charge in [0.2, 0.25) is 0 Å². The molecule has 0 aromatic carbocycles. The molecule has 1 N–H and O–H groups in total. The summed E-state index contributed by atoms with van der Waals surface area (Å²) in [5, 5.41) is 8.30. The van der Waals surface area contributed by atoms with Crippen molar-refractivity contribution in [1.29, 1.82) is 5.26 Å². The average Bonchev–Trinajstić information content (AvgIpc) is 1.97. The van der Waals surface area contributed by atoms with Crippen molar-refractivity contribution in [3.8, 4) is 6.19 Å². The lowest BCUT2D eigenvalue weighted by Crippen LogP contribution is -2.47. The monoisotopic (exact) mass is 175 g/mol. The molecule has 1 fully saturated rings. The van der Waals surface area contributed by atoms with Crippen LogP contribution in [0.15, 0.2) is 0 Å². The summed E-state index contributed by atoms with van der Waals surface area (Å²) in [6.45, 7) is 1.65. The minimum absolute atomic E-state index is 0.622. The highest BCUT2D eigenvalue weighted by atomic mass is 32.3. The van der Waals surface area contributed by atoms with Crippen LogP contribution in [-0.4, -0.2) is 40.8 Å². The fourth-order valence-electron chi connectivity index (χ4n) is 1.09. The number of hydrogen-bond acceptors (Lipinski definition) is 3. The van der Waals surface area contributed by atoms with E-state index in [1.165, 1.54) is 0 Å². The lowest BCUT2D eigenvalue weighted by molar-refractivity contribution is 0.364. The van der Waals surface area contributed by atoms with Crippen molar-refractivity contribution in [3.05, 3.63) is 0 Å². The molecular formula is C6H13N3OS. The number of hydrogen-bond donors (Lipinski definition) is 2. The Bertz CT molecular complexity index is 210. The van der Waals surface area contributed by atoms with Gasteiger partial charge < -0.3 is 4.90 Å². The SMILES string of the molecule is CN1CC[SH](=O)(NC#N)CC1. The molecule has 0 spiro atoms. The first kappa shape index (κ1) is 8.50. The van der Waals surface area contributed by atoms with Gasteiger partial charge in [0, 0.05) is 24.6 Å². The summed E-state index contributed by atoms with van der Waals surface area (Å²) in [6.07, 6.45) is 1.76. The summed E-state index contributed by atoms with van der Waals surface area (Å²) in [5.41, 5.74) is 0. The molecule has 0 radical (unpaired) electrons. The third-order valence-electron chi connectivity index (χ3n) is 1.94. The second-order valence-electron chi connectivity index (χ2n) is 2.86. The van der Waals surface area contributed by atoms with Crippen LogP contribution in [0.3, 0.4) is 0 Å². The average molecular weight is 175 g/mol. The highest BCUT2D eigenvalue weighted by Gasteiger charge is 2.20. The quantitative estimate of drug-likeness (QED) is 0.303. The summed E-state index contributed by atoms with van der Waals surface area (Å²) in [7, 11) is -0.308. The van der Waals surface area contributed by atoms with E-state index in [1.807, 2.05) is 7.05 Å². The topological polar surface area (TPSA) is 56.1 Å². The zero-order valence-corrected chi connectivity index (χ0v) is 7.47. The molecule has 0 unspecified atom stereocenters. The lowest BCUT2D eigenvalue weighted by atomic mass is 10.6. The van der Waals surface area contributed by atoms with Gasteiger partial charge in [0.1, 0.15) is 0 Å². The van der Waals surface area contributed by atoms with E-state index in [2.05, 4.69) is 9.62 Å². The van der Waals surface area contributed by atoms with Gasteiger partial charge in [0.05, 0.1) is 0 Å². The van der Waals surface area contributed by atoms with Crippen molar-refractivity contribution >= 4 is 10.1 Å². The summed E-state index contributed by atoms with van der Waals surface area (Å²) < 4.78 is 14.0. The number of thiol groups is 1. The summed E-state index contributed by atoms with van der Waals surface area (Å²) in [5.74, 6) is 1.24. The van der Waals surface area contributed by atoms with Crippen LogP contribution in [0.1, 0.15) is 0 Å². The van der Waals surface area contributed by atoms with Crippen LogP contribution in [0.5, 0.6) is 0 Å². The Labute approximate surface area is 67.7 Å². The Morgan fingerprint density at radius 1 is 1.55 bits per heavy atom. The molecule has 0 atom stereocenters. The molecule has 0 aromatic rings. The van der Waals surface area contributed by atoms with Crippen LogP contribution < -0.4 is 4.72 Å². The van der Waals surface area contributed by atoms with Crippen molar-refractivity contribution in [3.63, 3.8) is 0 Å². The Morgan fingerprint density at radius 2 is 2.09 bits per heavy atom. The molecule has 11 heavy (non-hydrogen) atoms. The Hall–Kier alpha value is -0.600. The molecule has 1 saturated heterocycles. The van der Waals surface area contributed by atoms with Crippen LogP contribution >= 0.6 is 0 Å².